The number of nitrogens with zero attached hydrogens (tertiary/aromatic N) is 3. The number of rotatable bonds is 7. The van der Waals surface area contributed by atoms with Gasteiger partial charge >= 0.3 is 0 Å². The van der Waals surface area contributed by atoms with Gasteiger partial charge in [0.25, 0.3) is 5.56 Å². The molecule has 0 aliphatic carbocycles. The quantitative estimate of drug-likeness (QED) is 0.233. The van der Waals surface area contributed by atoms with Gasteiger partial charge in [-0.15, -0.1) is 0 Å². The van der Waals surface area contributed by atoms with Gasteiger partial charge in [0.1, 0.15) is 0 Å². The Morgan fingerprint density at radius 3 is 2.15 bits per heavy atom. The Labute approximate surface area is 236 Å². The molecule has 1 N–H and O–H groups in total. The maximum absolute atomic E-state index is 14.4. The minimum Gasteiger partial charge on any atom is -0.370 e. The highest BCUT2D eigenvalue weighted by Crippen LogP contribution is 2.35. The largest absolute Gasteiger partial charge is 0.370 e. The van der Waals surface area contributed by atoms with Crippen LogP contribution in [0.5, 0.6) is 0 Å². The monoisotopic (exact) mass is 534 g/mol. The Kier molecular flexibility index (Phi) is 6.43. The maximum Gasteiger partial charge on any atom is 0.280 e. The average molecular weight is 535 g/mol. The predicted octanol–water partition coefficient (Wildman–Crippen LogP) is 7.29. The van der Waals surface area contributed by atoms with Gasteiger partial charge in [-0.2, -0.15) is 4.52 Å². The fourth-order valence-corrected chi connectivity index (χ4v) is 5.27. The minimum atomic E-state index is -0.184. The van der Waals surface area contributed by atoms with Gasteiger partial charge in [0.2, 0.25) is 0 Å². The number of fused-ring (bicyclic) bond motifs is 2. The van der Waals surface area contributed by atoms with E-state index in [1.807, 2.05) is 121 Å². The smallest absolute Gasteiger partial charge is 0.280 e. The molecule has 0 fully saturated rings. The van der Waals surface area contributed by atoms with Crippen molar-refractivity contribution >= 4 is 16.6 Å². The van der Waals surface area contributed by atoms with Crippen LogP contribution in [0, 0.1) is 0 Å². The van der Waals surface area contributed by atoms with Crippen molar-refractivity contribution in [3.8, 4) is 33.5 Å². The third-order valence-electron chi connectivity index (χ3n) is 7.22. The van der Waals surface area contributed by atoms with Crippen molar-refractivity contribution in [3.63, 3.8) is 0 Å². The Morgan fingerprint density at radius 1 is 0.683 bits per heavy atom. The highest BCUT2D eigenvalue weighted by molar-refractivity contribution is 5.91. The topological polar surface area (TPSA) is 72.3 Å². The first kappa shape index (κ1) is 24.7. The normalized spacial score (nSPS) is 11.3. The molecule has 0 amide bonds. The number of nitrogens with one attached hydrogen (secondary N) is 1. The molecule has 7 aromatic rings. The molecular weight excluding hydrogens is 508 g/mol. The van der Waals surface area contributed by atoms with E-state index in [1.165, 1.54) is 0 Å². The van der Waals surface area contributed by atoms with Crippen LogP contribution in [0.25, 0.3) is 50.1 Å². The third kappa shape index (κ3) is 4.71. The fraction of sp³-hybridized carbons (Fsp3) is 0.0571. The van der Waals surface area contributed by atoms with Gasteiger partial charge in [-0.25, -0.2) is 4.98 Å². The number of aromatic amines is 1. The summed E-state index contributed by atoms with van der Waals surface area (Å²) in [5, 5.41) is 4.34. The number of H-pyrrole nitrogens is 1. The molecule has 0 spiro atoms. The van der Waals surface area contributed by atoms with E-state index in [9.17, 15) is 4.79 Å². The second-order valence-corrected chi connectivity index (χ2v) is 9.88. The van der Waals surface area contributed by atoms with Gasteiger partial charge in [-0.3, -0.25) is 14.9 Å². The minimum absolute atomic E-state index is 0.182. The van der Waals surface area contributed by atoms with E-state index in [1.54, 1.807) is 10.7 Å². The molecule has 7 rings (SSSR count). The molecule has 0 unspecified atom stereocenters. The average Bonchev–Trinajstić information content (AvgIpc) is 3.42. The van der Waals surface area contributed by atoms with Gasteiger partial charge in [-0.1, -0.05) is 103 Å². The van der Waals surface area contributed by atoms with Crippen LogP contribution in [0.3, 0.4) is 0 Å². The summed E-state index contributed by atoms with van der Waals surface area (Å²) in [6, 6.07) is 39.8. The number of pyridine rings is 1. The highest BCUT2D eigenvalue weighted by atomic mass is 16.5. The molecule has 0 bridgehead atoms. The van der Waals surface area contributed by atoms with Crippen LogP contribution in [-0.4, -0.2) is 19.6 Å². The van der Waals surface area contributed by atoms with Crippen molar-refractivity contribution in [1.29, 1.82) is 0 Å². The summed E-state index contributed by atoms with van der Waals surface area (Å²) in [7, 11) is 0. The number of hydrogen-bond acceptors (Lipinski definition) is 4. The van der Waals surface area contributed by atoms with Gasteiger partial charge in [0, 0.05) is 17.1 Å². The van der Waals surface area contributed by atoms with Gasteiger partial charge < -0.3 is 4.74 Å². The first-order chi connectivity index (χ1) is 20.3. The van der Waals surface area contributed by atoms with Crippen LogP contribution >= 0.6 is 0 Å². The van der Waals surface area contributed by atoms with Crippen LogP contribution in [-0.2, 0) is 18.0 Å². The van der Waals surface area contributed by atoms with E-state index in [2.05, 4.69) is 10.1 Å². The molecule has 3 aromatic heterocycles. The Balaban J connectivity index is 1.46. The molecule has 0 aliphatic rings. The molecule has 0 atom stereocenters. The molecule has 0 radical (unpaired) electrons. The SMILES string of the molecule is O=c1c(-c2ccc3ncccc3c2)c(COCc2ccccc2)nc2c(-c3ccccc3)c(-c3ccccc3)[nH]n12. The first-order valence-electron chi connectivity index (χ1n) is 13.5. The van der Waals surface area contributed by atoms with Crippen molar-refractivity contribution in [1.82, 2.24) is 19.6 Å². The van der Waals surface area contributed by atoms with Crippen LogP contribution in [0.1, 0.15) is 11.3 Å². The number of aromatic nitrogens is 4. The van der Waals surface area contributed by atoms with Crippen molar-refractivity contribution in [3.05, 3.63) is 149 Å². The van der Waals surface area contributed by atoms with Crippen molar-refractivity contribution in [2.24, 2.45) is 0 Å². The first-order valence-corrected chi connectivity index (χ1v) is 13.5. The summed E-state index contributed by atoms with van der Waals surface area (Å²) in [6.07, 6.45) is 1.77. The van der Waals surface area contributed by atoms with Crippen molar-refractivity contribution in [2.45, 2.75) is 13.2 Å². The molecule has 0 saturated carbocycles. The number of ether oxygens (including phenoxy) is 1. The fourth-order valence-electron chi connectivity index (χ4n) is 5.27. The lowest BCUT2D eigenvalue weighted by Crippen LogP contribution is -2.20. The maximum atomic E-state index is 14.4. The summed E-state index contributed by atoms with van der Waals surface area (Å²) in [5.74, 6) is 0. The van der Waals surface area contributed by atoms with E-state index in [0.29, 0.717) is 23.5 Å². The lowest BCUT2D eigenvalue weighted by Gasteiger charge is -2.12. The molecule has 4 aromatic carbocycles. The van der Waals surface area contributed by atoms with Gasteiger partial charge in [-0.05, 0) is 34.9 Å². The molecule has 0 aliphatic heterocycles. The Morgan fingerprint density at radius 2 is 1.39 bits per heavy atom. The molecule has 6 heteroatoms. The lowest BCUT2D eigenvalue weighted by molar-refractivity contribution is 0.105. The zero-order valence-electron chi connectivity index (χ0n) is 22.2. The number of benzene rings is 4. The predicted molar refractivity (Wildman–Crippen MR) is 162 cm³/mol. The summed E-state index contributed by atoms with van der Waals surface area (Å²) in [5.41, 5.74) is 7.80. The highest BCUT2D eigenvalue weighted by Gasteiger charge is 2.23. The summed E-state index contributed by atoms with van der Waals surface area (Å²) < 4.78 is 7.73. The zero-order chi connectivity index (χ0) is 27.6. The van der Waals surface area contributed by atoms with E-state index in [-0.39, 0.29) is 12.2 Å². The summed E-state index contributed by atoms with van der Waals surface area (Å²) in [4.78, 5) is 24.0. The zero-order valence-corrected chi connectivity index (χ0v) is 22.2. The Hall–Kier alpha value is -5.33. The molecule has 198 valence electrons. The standard InChI is InChI=1S/C35H26N4O2/c40-35-31(28-18-19-29-27(21-28)17-10-20-36-29)30(23-41-22-24-11-4-1-5-12-24)37-34-32(25-13-6-2-7-14-25)33(38-39(34)35)26-15-8-3-9-16-26/h1-21,38H,22-23H2. The van der Waals surface area contributed by atoms with E-state index in [0.717, 1.165) is 44.4 Å². The number of hydrogen-bond donors (Lipinski definition) is 1. The second kappa shape index (κ2) is 10.7. The summed E-state index contributed by atoms with van der Waals surface area (Å²) in [6.45, 7) is 0.595. The summed E-state index contributed by atoms with van der Waals surface area (Å²) >= 11 is 0. The van der Waals surface area contributed by atoms with Crippen LogP contribution in [0.15, 0.2) is 132 Å². The molecular formula is C35H26N4O2. The van der Waals surface area contributed by atoms with Crippen LogP contribution < -0.4 is 5.56 Å². The lowest BCUT2D eigenvalue weighted by atomic mass is 10.0. The third-order valence-corrected chi connectivity index (χ3v) is 7.22. The molecule has 41 heavy (non-hydrogen) atoms. The Bertz CT molecular complexity index is 2030. The van der Waals surface area contributed by atoms with Crippen LogP contribution in [0.2, 0.25) is 0 Å². The van der Waals surface area contributed by atoms with E-state index in [4.69, 9.17) is 9.72 Å². The van der Waals surface area contributed by atoms with Crippen molar-refractivity contribution < 1.29 is 4.74 Å². The van der Waals surface area contributed by atoms with E-state index < -0.39 is 0 Å². The van der Waals surface area contributed by atoms with Crippen LogP contribution in [0.4, 0.5) is 0 Å². The van der Waals surface area contributed by atoms with Crippen molar-refractivity contribution in [2.75, 3.05) is 0 Å². The molecule has 0 saturated heterocycles. The van der Waals surface area contributed by atoms with E-state index >= 15 is 0 Å². The second-order valence-electron chi connectivity index (χ2n) is 9.88. The van der Waals surface area contributed by atoms with Gasteiger partial charge in [0.05, 0.1) is 41.2 Å². The van der Waals surface area contributed by atoms with Gasteiger partial charge in [0.15, 0.2) is 5.65 Å². The molecule has 3 heterocycles. The molecule has 6 nitrogen and oxygen atoms in total.